The summed E-state index contributed by atoms with van der Waals surface area (Å²) in [6.45, 7) is 5.03. The molecule has 1 aromatic rings. The molecule has 0 aromatic heterocycles. The Bertz CT molecular complexity index is 418. The molecule has 3 heteroatoms. The van der Waals surface area contributed by atoms with Crippen molar-refractivity contribution in [2.45, 2.75) is 26.9 Å². The smallest absolute Gasteiger partial charge is 0.181 e. The van der Waals surface area contributed by atoms with Crippen molar-refractivity contribution in [2.24, 2.45) is 0 Å². The van der Waals surface area contributed by atoms with E-state index < -0.39 is 6.10 Å². The molecular formula is C12H13NO2. The second-order valence-electron chi connectivity index (χ2n) is 3.44. The predicted octanol–water partition coefficient (Wildman–Crippen LogP) is 2.49. The van der Waals surface area contributed by atoms with E-state index in [9.17, 15) is 4.79 Å². The summed E-state index contributed by atoms with van der Waals surface area (Å²) in [7, 11) is 0. The number of nitrogens with zero attached hydrogens (tertiary/aromatic N) is 1. The lowest BCUT2D eigenvalue weighted by Gasteiger charge is -2.11. The number of hydrogen-bond donors (Lipinski definition) is 0. The normalized spacial score (nSPS) is 11.6. The molecule has 15 heavy (non-hydrogen) atoms. The third-order valence-electron chi connectivity index (χ3n) is 2.00. The Hall–Kier alpha value is -1.82. The minimum atomic E-state index is -0.550. The molecule has 0 saturated carbocycles. The summed E-state index contributed by atoms with van der Waals surface area (Å²) in [6, 6.07) is 7.30. The summed E-state index contributed by atoms with van der Waals surface area (Å²) in [4.78, 5) is 11.3. The van der Waals surface area contributed by atoms with E-state index in [0.717, 1.165) is 5.56 Å². The number of rotatable bonds is 3. The summed E-state index contributed by atoms with van der Waals surface area (Å²) in [5.41, 5.74) is 1.52. The van der Waals surface area contributed by atoms with Gasteiger partial charge in [-0.1, -0.05) is 11.6 Å². The summed E-state index contributed by atoms with van der Waals surface area (Å²) in [5.74, 6) is 0.418. The highest BCUT2D eigenvalue weighted by Crippen LogP contribution is 2.21. The number of ketones is 1. The molecule has 1 atom stereocenters. The lowest BCUT2D eigenvalue weighted by Crippen LogP contribution is -2.11. The maximum absolute atomic E-state index is 11.3. The van der Waals surface area contributed by atoms with Crippen molar-refractivity contribution in [3.8, 4) is 11.8 Å². The average molecular weight is 203 g/mol. The van der Waals surface area contributed by atoms with Gasteiger partial charge in [0.1, 0.15) is 11.8 Å². The van der Waals surface area contributed by atoms with Gasteiger partial charge in [-0.25, -0.2) is 0 Å². The molecule has 0 saturated heterocycles. The van der Waals surface area contributed by atoms with Gasteiger partial charge in [0.05, 0.1) is 5.56 Å². The Kier molecular flexibility index (Phi) is 3.46. The van der Waals surface area contributed by atoms with Gasteiger partial charge in [-0.05, 0) is 32.9 Å². The molecule has 0 heterocycles. The fraction of sp³-hybridized carbons (Fsp3) is 0.333. The lowest BCUT2D eigenvalue weighted by atomic mass is 10.1. The van der Waals surface area contributed by atoms with Crippen LogP contribution < -0.4 is 4.74 Å². The SMILES string of the molecule is CC(=O)c1cc(C)ccc1OC(C)C#N. The largest absolute Gasteiger partial charge is 0.475 e. The molecule has 0 aliphatic heterocycles. The first-order valence-corrected chi connectivity index (χ1v) is 4.72. The molecule has 0 radical (unpaired) electrons. The molecule has 0 spiro atoms. The lowest BCUT2D eigenvalue weighted by molar-refractivity contribution is 0.101. The van der Waals surface area contributed by atoms with Crippen LogP contribution in [-0.2, 0) is 0 Å². The van der Waals surface area contributed by atoms with Gasteiger partial charge in [-0.3, -0.25) is 4.79 Å². The molecule has 0 fully saturated rings. The number of benzene rings is 1. The van der Waals surface area contributed by atoms with E-state index in [1.54, 1.807) is 19.1 Å². The van der Waals surface area contributed by atoms with E-state index in [-0.39, 0.29) is 5.78 Å². The molecule has 0 aliphatic rings. The average Bonchev–Trinajstić information content (AvgIpc) is 2.20. The Morgan fingerprint density at radius 2 is 2.20 bits per heavy atom. The summed E-state index contributed by atoms with van der Waals surface area (Å²) in [6.07, 6.45) is -0.550. The van der Waals surface area contributed by atoms with Crippen LogP contribution in [-0.4, -0.2) is 11.9 Å². The van der Waals surface area contributed by atoms with Crippen LogP contribution in [0.2, 0.25) is 0 Å². The predicted molar refractivity (Wildman–Crippen MR) is 56.9 cm³/mol. The quantitative estimate of drug-likeness (QED) is 0.709. The van der Waals surface area contributed by atoms with Crippen molar-refractivity contribution in [3.05, 3.63) is 29.3 Å². The molecule has 1 rings (SSSR count). The third kappa shape index (κ3) is 2.81. The number of Topliss-reactive ketones (excluding diaryl/α,β-unsaturated/α-hetero) is 1. The van der Waals surface area contributed by atoms with E-state index in [1.807, 2.05) is 19.1 Å². The van der Waals surface area contributed by atoms with Crippen LogP contribution in [0.25, 0.3) is 0 Å². The monoisotopic (exact) mass is 203 g/mol. The highest BCUT2D eigenvalue weighted by molar-refractivity contribution is 5.97. The van der Waals surface area contributed by atoms with Crippen molar-refractivity contribution >= 4 is 5.78 Å². The molecule has 3 nitrogen and oxygen atoms in total. The number of carbonyl (C=O) groups is 1. The van der Waals surface area contributed by atoms with Crippen LogP contribution in [0.4, 0.5) is 0 Å². The highest BCUT2D eigenvalue weighted by atomic mass is 16.5. The zero-order chi connectivity index (χ0) is 11.4. The second-order valence-corrected chi connectivity index (χ2v) is 3.44. The molecule has 78 valence electrons. The molecule has 0 N–H and O–H groups in total. The zero-order valence-electron chi connectivity index (χ0n) is 9.07. The molecule has 1 unspecified atom stereocenters. The van der Waals surface area contributed by atoms with Gasteiger partial charge in [0, 0.05) is 0 Å². The van der Waals surface area contributed by atoms with E-state index >= 15 is 0 Å². The van der Waals surface area contributed by atoms with Crippen LogP contribution in [0.3, 0.4) is 0 Å². The number of aryl methyl sites for hydroxylation is 1. The van der Waals surface area contributed by atoms with Gasteiger partial charge in [-0.15, -0.1) is 0 Å². The highest BCUT2D eigenvalue weighted by Gasteiger charge is 2.11. The Morgan fingerprint density at radius 1 is 1.53 bits per heavy atom. The molecule has 1 aromatic carbocycles. The number of ether oxygens (including phenoxy) is 1. The fourth-order valence-electron chi connectivity index (χ4n) is 1.24. The minimum Gasteiger partial charge on any atom is -0.475 e. The maximum Gasteiger partial charge on any atom is 0.181 e. The van der Waals surface area contributed by atoms with Crippen molar-refractivity contribution in [2.75, 3.05) is 0 Å². The summed E-state index contributed by atoms with van der Waals surface area (Å²) in [5, 5.41) is 8.62. The first kappa shape index (κ1) is 11.3. The van der Waals surface area contributed by atoms with Crippen LogP contribution in [0.15, 0.2) is 18.2 Å². The van der Waals surface area contributed by atoms with Crippen molar-refractivity contribution in [1.29, 1.82) is 5.26 Å². The molecule has 0 amide bonds. The van der Waals surface area contributed by atoms with E-state index in [4.69, 9.17) is 10.00 Å². The minimum absolute atomic E-state index is 0.0566. The summed E-state index contributed by atoms with van der Waals surface area (Å²) < 4.78 is 5.33. The summed E-state index contributed by atoms with van der Waals surface area (Å²) >= 11 is 0. The van der Waals surface area contributed by atoms with Crippen molar-refractivity contribution in [3.63, 3.8) is 0 Å². The number of carbonyl (C=O) groups excluding carboxylic acids is 1. The van der Waals surface area contributed by atoms with E-state index in [0.29, 0.717) is 11.3 Å². The molecule has 0 bridgehead atoms. The van der Waals surface area contributed by atoms with Gasteiger partial charge in [0.15, 0.2) is 11.9 Å². The topological polar surface area (TPSA) is 50.1 Å². The van der Waals surface area contributed by atoms with Gasteiger partial charge in [0.2, 0.25) is 0 Å². The Balaban J connectivity index is 3.07. The van der Waals surface area contributed by atoms with Crippen LogP contribution in [0, 0.1) is 18.3 Å². The van der Waals surface area contributed by atoms with Crippen LogP contribution >= 0.6 is 0 Å². The number of nitriles is 1. The number of hydrogen-bond acceptors (Lipinski definition) is 3. The zero-order valence-corrected chi connectivity index (χ0v) is 9.07. The fourth-order valence-corrected chi connectivity index (χ4v) is 1.24. The standard InChI is InChI=1S/C12H13NO2/c1-8-4-5-12(15-9(2)7-13)11(6-8)10(3)14/h4-6,9H,1-3H3. The molecule has 0 aliphatic carbocycles. The van der Waals surface area contributed by atoms with Crippen LogP contribution in [0.1, 0.15) is 29.8 Å². The Morgan fingerprint density at radius 3 is 2.73 bits per heavy atom. The van der Waals surface area contributed by atoms with Gasteiger partial charge >= 0.3 is 0 Å². The van der Waals surface area contributed by atoms with Gasteiger partial charge in [-0.2, -0.15) is 5.26 Å². The van der Waals surface area contributed by atoms with Crippen molar-refractivity contribution < 1.29 is 9.53 Å². The van der Waals surface area contributed by atoms with E-state index in [1.165, 1.54) is 6.92 Å². The maximum atomic E-state index is 11.3. The molecular weight excluding hydrogens is 190 g/mol. The van der Waals surface area contributed by atoms with Gasteiger partial charge in [0.25, 0.3) is 0 Å². The Labute approximate surface area is 89.3 Å². The van der Waals surface area contributed by atoms with Crippen molar-refractivity contribution in [1.82, 2.24) is 0 Å². The first-order valence-electron chi connectivity index (χ1n) is 4.72. The second kappa shape index (κ2) is 4.61. The third-order valence-corrected chi connectivity index (χ3v) is 2.00. The van der Waals surface area contributed by atoms with E-state index in [2.05, 4.69) is 0 Å². The first-order chi connectivity index (χ1) is 7.04. The van der Waals surface area contributed by atoms with Crippen LogP contribution in [0.5, 0.6) is 5.75 Å². The van der Waals surface area contributed by atoms with Gasteiger partial charge < -0.3 is 4.74 Å².